The number of rotatable bonds is 5. The van der Waals surface area contributed by atoms with Gasteiger partial charge in [-0.1, -0.05) is 0 Å². The third-order valence-electron chi connectivity index (χ3n) is 4.48. The molecule has 1 aromatic carbocycles. The first-order valence-corrected chi connectivity index (χ1v) is 8.87. The van der Waals surface area contributed by atoms with Crippen molar-refractivity contribution in [3.63, 3.8) is 0 Å². The van der Waals surface area contributed by atoms with Gasteiger partial charge in [0.1, 0.15) is 5.82 Å². The van der Waals surface area contributed by atoms with Gasteiger partial charge in [0.2, 0.25) is 0 Å². The number of aromatic nitrogens is 3. The molecule has 7 heteroatoms. The molecule has 0 saturated carbocycles. The third kappa shape index (κ3) is 3.88. The lowest BCUT2D eigenvalue weighted by molar-refractivity contribution is 0.0853. The van der Waals surface area contributed by atoms with E-state index in [1.165, 1.54) is 12.1 Å². The summed E-state index contributed by atoms with van der Waals surface area (Å²) in [5, 5.41) is 7.32. The summed E-state index contributed by atoms with van der Waals surface area (Å²) in [5.41, 5.74) is 2.47. The van der Waals surface area contributed by atoms with E-state index in [0.717, 1.165) is 25.0 Å². The fourth-order valence-corrected chi connectivity index (χ4v) is 3.09. The van der Waals surface area contributed by atoms with Crippen LogP contribution >= 0.6 is 0 Å². The molecule has 1 amide bonds. The molecule has 1 saturated heterocycles. The van der Waals surface area contributed by atoms with Crippen molar-refractivity contribution in [2.45, 2.75) is 18.9 Å². The quantitative estimate of drug-likeness (QED) is 0.754. The summed E-state index contributed by atoms with van der Waals surface area (Å²) in [6, 6.07) is 11.4. The largest absolute Gasteiger partial charge is 0.376 e. The van der Waals surface area contributed by atoms with Crippen molar-refractivity contribution >= 4 is 5.91 Å². The van der Waals surface area contributed by atoms with Crippen LogP contribution in [-0.4, -0.2) is 39.9 Å². The van der Waals surface area contributed by atoms with Crippen LogP contribution in [0.1, 0.15) is 23.3 Å². The maximum atomic E-state index is 13.3. The number of ether oxygens (including phenoxy) is 1. The van der Waals surface area contributed by atoms with Gasteiger partial charge >= 0.3 is 0 Å². The highest BCUT2D eigenvalue weighted by atomic mass is 19.1. The summed E-state index contributed by atoms with van der Waals surface area (Å²) in [6.07, 6.45) is 5.41. The van der Waals surface area contributed by atoms with E-state index in [1.807, 2.05) is 12.1 Å². The van der Waals surface area contributed by atoms with Crippen molar-refractivity contribution in [3.8, 4) is 16.9 Å². The summed E-state index contributed by atoms with van der Waals surface area (Å²) < 4.78 is 20.4. The zero-order chi connectivity index (χ0) is 18.6. The van der Waals surface area contributed by atoms with Gasteiger partial charge in [-0.25, -0.2) is 9.07 Å². The second-order valence-electron chi connectivity index (χ2n) is 6.39. The molecular weight excluding hydrogens is 347 g/mol. The van der Waals surface area contributed by atoms with Gasteiger partial charge in [-0.05, 0) is 55.3 Å². The molecule has 0 bridgehead atoms. The van der Waals surface area contributed by atoms with E-state index >= 15 is 0 Å². The van der Waals surface area contributed by atoms with Crippen LogP contribution in [0, 0.1) is 5.82 Å². The highest BCUT2D eigenvalue weighted by molar-refractivity contribution is 5.93. The standard InChI is InChI=1S/C20H19FN4O2/c21-15-5-7-16(8-6-15)25-19(14-3-1-9-22-12-14)11-18(24-25)20(26)23-13-17-4-2-10-27-17/h1,3,5-9,11-12,17H,2,4,10,13H2,(H,23,26). The summed E-state index contributed by atoms with van der Waals surface area (Å²) in [4.78, 5) is 16.7. The van der Waals surface area contributed by atoms with Crippen LogP contribution in [0.5, 0.6) is 0 Å². The van der Waals surface area contributed by atoms with Crippen molar-refractivity contribution in [2.24, 2.45) is 0 Å². The first-order valence-electron chi connectivity index (χ1n) is 8.87. The van der Waals surface area contributed by atoms with Gasteiger partial charge < -0.3 is 10.1 Å². The number of carbonyl (C=O) groups is 1. The molecule has 4 rings (SSSR count). The fourth-order valence-electron chi connectivity index (χ4n) is 3.09. The zero-order valence-corrected chi connectivity index (χ0v) is 14.6. The molecule has 0 spiro atoms. The minimum Gasteiger partial charge on any atom is -0.376 e. The Hall–Kier alpha value is -3.06. The molecule has 1 N–H and O–H groups in total. The van der Waals surface area contributed by atoms with Crippen LogP contribution in [0.3, 0.4) is 0 Å². The average molecular weight is 366 g/mol. The van der Waals surface area contributed by atoms with Gasteiger partial charge in [-0.15, -0.1) is 0 Å². The molecule has 1 aliphatic rings. The van der Waals surface area contributed by atoms with Gasteiger partial charge in [0.05, 0.1) is 17.5 Å². The average Bonchev–Trinajstić information content (AvgIpc) is 3.37. The third-order valence-corrected chi connectivity index (χ3v) is 4.48. The monoisotopic (exact) mass is 366 g/mol. The predicted molar refractivity (Wildman–Crippen MR) is 98.1 cm³/mol. The van der Waals surface area contributed by atoms with Crippen molar-refractivity contribution < 1.29 is 13.9 Å². The predicted octanol–water partition coefficient (Wildman–Crippen LogP) is 2.98. The Morgan fingerprint density at radius 1 is 1.30 bits per heavy atom. The second kappa shape index (κ2) is 7.67. The van der Waals surface area contributed by atoms with Crippen LogP contribution in [0.2, 0.25) is 0 Å². The van der Waals surface area contributed by atoms with Crippen LogP contribution < -0.4 is 5.32 Å². The molecule has 1 fully saturated rings. The molecule has 1 unspecified atom stereocenters. The molecule has 1 aliphatic heterocycles. The summed E-state index contributed by atoms with van der Waals surface area (Å²) in [7, 11) is 0. The Balaban J connectivity index is 1.64. The Morgan fingerprint density at radius 2 is 2.15 bits per heavy atom. The maximum Gasteiger partial charge on any atom is 0.271 e. The highest BCUT2D eigenvalue weighted by Crippen LogP contribution is 2.23. The first-order chi connectivity index (χ1) is 13.2. The van der Waals surface area contributed by atoms with E-state index in [-0.39, 0.29) is 23.5 Å². The van der Waals surface area contributed by atoms with Crippen LogP contribution in [-0.2, 0) is 4.74 Å². The number of nitrogens with zero attached hydrogens (tertiary/aromatic N) is 3. The molecule has 27 heavy (non-hydrogen) atoms. The Kier molecular flexibility index (Phi) is 4.93. The SMILES string of the molecule is O=C(NCC1CCCO1)c1cc(-c2cccnc2)n(-c2ccc(F)cc2)n1. The van der Waals surface area contributed by atoms with E-state index in [2.05, 4.69) is 15.4 Å². The van der Waals surface area contributed by atoms with E-state index in [1.54, 1.807) is 35.3 Å². The Bertz CT molecular complexity index is 919. The Morgan fingerprint density at radius 3 is 2.85 bits per heavy atom. The lowest BCUT2D eigenvalue weighted by Gasteiger charge is -2.09. The van der Waals surface area contributed by atoms with Crippen molar-refractivity contribution in [3.05, 3.63) is 66.4 Å². The molecule has 1 atom stereocenters. The number of carbonyl (C=O) groups excluding carboxylic acids is 1. The van der Waals surface area contributed by atoms with Gasteiger partial charge in [0.15, 0.2) is 5.69 Å². The number of hydrogen-bond acceptors (Lipinski definition) is 4. The highest BCUT2D eigenvalue weighted by Gasteiger charge is 2.20. The normalized spacial score (nSPS) is 16.4. The number of nitrogens with one attached hydrogen (secondary N) is 1. The van der Waals surface area contributed by atoms with Gasteiger partial charge in [-0.3, -0.25) is 9.78 Å². The van der Waals surface area contributed by atoms with Crippen molar-refractivity contribution in [1.29, 1.82) is 0 Å². The number of benzene rings is 1. The lowest BCUT2D eigenvalue weighted by atomic mass is 10.2. The van der Waals surface area contributed by atoms with Gasteiger partial charge in [-0.2, -0.15) is 5.10 Å². The smallest absolute Gasteiger partial charge is 0.271 e. The number of amides is 1. The molecular formula is C20H19FN4O2. The first kappa shape index (κ1) is 17.4. The van der Waals surface area contributed by atoms with Crippen LogP contribution in [0.15, 0.2) is 54.9 Å². The van der Waals surface area contributed by atoms with Crippen LogP contribution in [0.4, 0.5) is 4.39 Å². The molecule has 6 nitrogen and oxygen atoms in total. The van der Waals surface area contributed by atoms with E-state index in [4.69, 9.17) is 4.74 Å². The Labute approximate surface area is 156 Å². The second-order valence-corrected chi connectivity index (χ2v) is 6.39. The lowest BCUT2D eigenvalue weighted by Crippen LogP contribution is -2.32. The van der Waals surface area contributed by atoms with Crippen molar-refractivity contribution in [1.82, 2.24) is 20.1 Å². The minimum atomic E-state index is -0.330. The number of pyridine rings is 1. The molecule has 2 aromatic heterocycles. The van der Waals surface area contributed by atoms with E-state index < -0.39 is 0 Å². The number of halogens is 1. The summed E-state index contributed by atoms with van der Waals surface area (Å²) in [6.45, 7) is 1.20. The minimum absolute atomic E-state index is 0.0610. The van der Waals surface area contributed by atoms with Gasteiger partial charge in [0, 0.05) is 31.1 Å². The van der Waals surface area contributed by atoms with E-state index in [0.29, 0.717) is 17.9 Å². The number of hydrogen-bond donors (Lipinski definition) is 1. The zero-order valence-electron chi connectivity index (χ0n) is 14.6. The van der Waals surface area contributed by atoms with Gasteiger partial charge in [0.25, 0.3) is 5.91 Å². The molecule has 3 heterocycles. The maximum absolute atomic E-state index is 13.3. The van der Waals surface area contributed by atoms with Crippen LogP contribution in [0.25, 0.3) is 16.9 Å². The molecule has 0 radical (unpaired) electrons. The molecule has 138 valence electrons. The van der Waals surface area contributed by atoms with Crippen molar-refractivity contribution in [2.75, 3.05) is 13.2 Å². The fraction of sp³-hybridized carbons (Fsp3) is 0.250. The molecule has 3 aromatic rings. The molecule has 0 aliphatic carbocycles. The van der Waals surface area contributed by atoms with E-state index in [9.17, 15) is 9.18 Å². The summed E-state index contributed by atoms with van der Waals surface area (Å²) >= 11 is 0. The summed E-state index contributed by atoms with van der Waals surface area (Å²) in [5.74, 6) is -0.597. The topological polar surface area (TPSA) is 69.0 Å².